The van der Waals surface area contributed by atoms with Gasteiger partial charge in [0.05, 0.1) is 6.07 Å². The molecule has 1 heteroatoms. The van der Waals surface area contributed by atoms with E-state index < -0.39 is 0 Å². The summed E-state index contributed by atoms with van der Waals surface area (Å²) in [5.74, 6) is 0. The Bertz CT molecular complexity index is 304. The highest BCUT2D eigenvalue weighted by Gasteiger charge is 1.95. The Kier molecular flexibility index (Phi) is 3.10. The van der Waals surface area contributed by atoms with E-state index in [-0.39, 0.29) is 0 Å². The molecule has 12 heavy (non-hydrogen) atoms. The summed E-state index contributed by atoms with van der Waals surface area (Å²) < 4.78 is 0. The standard InChI is InChI=1S/C11H11N/c1-2-10(8-9-12)11-6-4-3-5-7-11/h3-8H,2H2,1H3/b10-8-. The number of hydrogen-bond donors (Lipinski definition) is 0. The molecule has 0 saturated heterocycles. The zero-order valence-corrected chi connectivity index (χ0v) is 7.12. The lowest BCUT2D eigenvalue weighted by Gasteiger charge is -2.00. The summed E-state index contributed by atoms with van der Waals surface area (Å²) in [6.07, 6.45) is 2.51. The van der Waals surface area contributed by atoms with Crippen molar-refractivity contribution >= 4 is 5.57 Å². The molecule has 1 aromatic rings. The van der Waals surface area contributed by atoms with Gasteiger partial charge in [0.25, 0.3) is 0 Å². The molecule has 60 valence electrons. The van der Waals surface area contributed by atoms with Crippen molar-refractivity contribution in [3.8, 4) is 6.07 Å². The average Bonchev–Trinajstić information content (AvgIpc) is 2.15. The molecule has 0 radical (unpaired) electrons. The van der Waals surface area contributed by atoms with E-state index >= 15 is 0 Å². The van der Waals surface area contributed by atoms with E-state index in [9.17, 15) is 0 Å². The van der Waals surface area contributed by atoms with Crippen LogP contribution in [0.2, 0.25) is 0 Å². The minimum atomic E-state index is 0.900. The Labute approximate surface area is 73.0 Å². The monoisotopic (exact) mass is 157 g/mol. The van der Waals surface area contributed by atoms with Gasteiger partial charge in [-0.25, -0.2) is 0 Å². The number of hydrogen-bond acceptors (Lipinski definition) is 1. The van der Waals surface area contributed by atoms with E-state index in [0.717, 1.165) is 17.6 Å². The Morgan fingerprint density at radius 3 is 2.58 bits per heavy atom. The summed E-state index contributed by atoms with van der Waals surface area (Å²) in [6.45, 7) is 2.05. The lowest BCUT2D eigenvalue weighted by atomic mass is 10.0. The molecule has 0 aromatic heterocycles. The first-order valence-electron chi connectivity index (χ1n) is 4.02. The maximum Gasteiger partial charge on any atom is 0.0915 e. The first-order chi connectivity index (χ1) is 5.88. The number of allylic oxidation sites excluding steroid dienone is 2. The Morgan fingerprint density at radius 2 is 2.08 bits per heavy atom. The Hall–Kier alpha value is -1.55. The summed E-state index contributed by atoms with van der Waals surface area (Å²) in [5, 5.41) is 8.50. The smallest absolute Gasteiger partial charge is 0.0915 e. The highest BCUT2D eigenvalue weighted by atomic mass is 14.2. The van der Waals surface area contributed by atoms with Gasteiger partial charge in [-0.2, -0.15) is 5.26 Å². The summed E-state index contributed by atoms with van der Waals surface area (Å²) in [5.41, 5.74) is 2.24. The van der Waals surface area contributed by atoms with Crippen molar-refractivity contribution in [3.63, 3.8) is 0 Å². The summed E-state index contributed by atoms with van der Waals surface area (Å²) in [4.78, 5) is 0. The molecule has 0 spiro atoms. The lowest BCUT2D eigenvalue weighted by molar-refractivity contribution is 1.24. The van der Waals surface area contributed by atoms with E-state index in [0.29, 0.717) is 0 Å². The van der Waals surface area contributed by atoms with Gasteiger partial charge >= 0.3 is 0 Å². The van der Waals surface area contributed by atoms with Gasteiger partial charge in [0.1, 0.15) is 0 Å². The molecule has 1 nitrogen and oxygen atoms in total. The average molecular weight is 157 g/mol. The van der Waals surface area contributed by atoms with Crippen LogP contribution in [-0.2, 0) is 0 Å². The maximum atomic E-state index is 8.50. The predicted octanol–water partition coefficient (Wildman–Crippen LogP) is 3.00. The predicted molar refractivity (Wildman–Crippen MR) is 50.3 cm³/mol. The Morgan fingerprint density at radius 1 is 1.42 bits per heavy atom. The molecule has 1 rings (SSSR count). The van der Waals surface area contributed by atoms with Gasteiger partial charge in [-0.1, -0.05) is 37.3 Å². The van der Waals surface area contributed by atoms with Crippen LogP contribution in [0.25, 0.3) is 5.57 Å². The Balaban J connectivity index is 2.98. The summed E-state index contributed by atoms with van der Waals surface area (Å²) in [6, 6.07) is 12.0. The second-order valence-electron chi connectivity index (χ2n) is 2.52. The molecule has 0 amide bonds. The van der Waals surface area contributed by atoms with Gasteiger partial charge in [0, 0.05) is 6.08 Å². The molecule has 0 aliphatic carbocycles. The van der Waals surface area contributed by atoms with Crippen LogP contribution in [0.5, 0.6) is 0 Å². The van der Waals surface area contributed by atoms with Crippen LogP contribution in [0.4, 0.5) is 0 Å². The SMILES string of the molecule is CC/C(=C/C#N)c1ccccc1. The fraction of sp³-hybridized carbons (Fsp3) is 0.182. The van der Waals surface area contributed by atoms with Crippen LogP contribution in [0.15, 0.2) is 36.4 Å². The largest absolute Gasteiger partial charge is 0.193 e. The highest BCUT2D eigenvalue weighted by molar-refractivity contribution is 5.67. The molecule has 0 aliphatic heterocycles. The maximum absolute atomic E-state index is 8.50. The second-order valence-corrected chi connectivity index (χ2v) is 2.52. The normalized spacial score (nSPS) is 10.8. The third-order valence-electron chi connectivity index (χ3n) is 1.76. The molecule has 0 unspecified atom stereocenters. The molecule has 0 saturated carbocycles. The van der Waals surface area contributed by atoms with E-state index in [2.05, 4.69) is 13.0 Å². The van der Waals surface area contributed by atoms with Crippen LogP contribution in [0.1, 0.15) is 18.9 Å². The molecule has 0 atom stereocenters. The van der Waals surface area contributed by atoms with Crippen LogP contribution in [0.3, 0.4) is 0 Å². The molecule has 0 bridgehead atoms. The zero-order valence-electron chi connectivity index (χ0n) is 7.12. The van der Waals surface area contributed by atoms with E-state index in [1.807, 2.05) is 30.3 Å². The number of nitriles is 1. The zero-order chi connectivity index (χ0) is 8.81. The van der Waals surface area contributed by atoms with Crippen LogP contribution >= 0.6 is 0 Å². The number of benzene rings is 1. The van der Waals surface area contributed by atoms with Crippen molar-refractivity contribution in [2.75, 3.05) is 0 Å². The number of rotatable bonds is 2. The third kappa shape index (κ3) is 1.96. The van der Waals surface area contributed by atoms with Gasteiger partial charge < -0.3 is 0 Å². The first kappa shape index (κ1) is 8.55. The van der Waals surface area contributed by atoms with Crippen molar-refractivity contribution in [3.05, 3.63) is 42.0 Å². The fourth-order valence-electron chi connectivity index (χ4n) is 1.12. The lowest BCUT2D eigenvalue weighted by Crippen LogP contribution is -1.80. The van der Waals surface area contributed by atoms with Gasteiger partial charge in [0.2, 0.25) is 0 Å². The quantitative estimate of drug-likeness (QED) is 0.605. The van der Waals surface area contributed by atoms with Gasteiger partial charge in [-0.3, -0.25) is 0 Å². The molecular formula is C11H11N. The molecule has 0 aliphatic rings. The minimum absolute atomic E-state index is 0.900. The van der Waals surface area contributed by atoms with E-state index in [1.54, 1.807) is 6.08 Å². The third-order valence-corrected chi connectivity index (χ3v) is 1.76. The number of nitrogens with zero attached hydrogens (tertiary/aromatic N) is 1. The molecule has 0 N–H and O–H groups in total. The molecule has 0 fully saturated rings. The van der Waals surface area contributed by atoms with Crippen LogP contribution in [0, 0.1) is 11.3 Å². The van der Waals surface area contributed by atoms with E-state index in [1.165, 1.54) is 0 Å². The summed E-state index contributed by atoms with van der Waals surface area (Å²) in [7, 11) is 0. The van der Waals surface area contributed by atoms with Crippen LogP contribution < -0.4 is 0 Å². The van der Waals surface area contributed by atoms with Crippen molar-refractivity contribution in [2.45, 2.75) is 13.3 Å². The highest BCUT2D eigenvalue weighted by Crippen LogP contribution is 2.16. The fourth-order valence-corrected chi connectivity index (χ4v) is 1.12. The van der Waals surface area contributed by atoms with Crippen molar-refractivity contribution in [1.82, 2.24) is 0 Å². The van der Waals surface area contributed by atoms with Gasteiger partial charge in [-0.15, -0.1) is 0 Å². The van der Waals surface area contributed by atoms with Crippen molar-refractivity contribution in [1.29, 1.82) is 5.26 Å². The first-order valence-corrected chi connectivity index (χ1v) is 4.02. The van der Waals surface area contributed by atoms with E-state index in [4.69, 9.17) is 5.26 Å². The molecule has 0 heterocycles. The van der Waals surface area contributed by atoms with Crippen molar-refractivity contribution in [2.24, 2.45) is 0 Å². The topological polar surface area (TPSA) is 23.8 Å². The van der Waals surface area contributed by atoms with Crippen LogP contribution in [-0.4, -0.2) is 0 Å². The second kappa shape index (κ2) is 4.35. The minimum Gasteiger partial charge on any atom is -0.193 e. The van der Waals surface area contributed by atoms with Gasteiger partial charge in [0.15, 0.2) is 0 Å². The van der Waals surface area contributed by atoms with Crippen molar-refractivity contribution < 1.29 is 0 Å². The van der Waals surface area contributed by atoms with Gasteiger partial charge in [-0.05, 0) is 17.6 Å². The molecular weight excluding hydrogens is 146 g/mol. The summed E-state index contributed by atoms with van der Waals surface area (Å²) >= 11 is 0. The molecule has 1 aromatic carbocycles.